The fraction of sp³-hybridized carbons (Fsp3) is 0.167. The molecule has 2 rings (SSSR count). The minimum Gasteiger partial charge on any atom is -0.271 e. The first-order valence-corrected chi connectivity index (χ1v) is 5.25. The molecule has 3 N–H and O–H groups in total. The summed E-state index contributed by atoms with van der Waals surface area (Å²) in [6.45, 7) is 0. The largest absolute Gasteiger partial charge is 0.271 e. The van der Waals surface area contributed by atoms with E-state index >= 15 is 0 Å². The second-order valence-corrected chi connectivity index (χ2v) is 3.72. The van der Waals surface area contributed by atoms with Crippen molar-refractivity contribution in [3.8, 4) is 0 Å². The third-order valence-electron chi connectivity index (χ3n) is 2.54. The molecule has 0 bridgehead atoms. The maximum atomic E-state index is 12.8. The Morgan fingerprint density at radius 3 is 2.41 bits per heavy atom. The molecule has 0 saturated carbocycles. The van der Waals surface area contributed by atoms with Gasteiger partial charge < -0.3 is 0 Å². The van der Waals surface area contributed by atoms with Gasteiger partial charge in [0, 0.05) is 18.0 Å². The van der Waals surface area contributed by atoms with Crippen molar-refractivity contribution in [2.24, 2.45) is 5.84 Å². The van der Waals surface area contributed by atoms with E-state index in [-0.39, 0.29) is 11.9 Å². The predicted molar refractivity (Wildman–Crippen MR) is 62.2 cm³/mol. The van der Waals surface area contributed by atoms with Crippen LogP contribution in [-0.2, 0) is 6.42 Å². The van der Waals surface area contributed by atoms with Crippen LogP contribution in [0.1, 0.15) is 17.2 Å². The average molecular weight is 232 g/mol. The maximum Gasteiger partial charge on any atom is 0.123 e. The van der Waals surface area contributed by atoms with E-state index in [2.05, 4.69) is 15.4 Å². The quantitative estimate of drug-likeness (QED) is 0.617. The number of benzene rings is 1. The van der Waals surface area contributed by atoms with Crippen LogP contribution in [0.4, 0.5) is 4.39 Å². The monoisotopic (exact) mass is 232 g/mol. The van der Waals surface area contributed by atoms with Gasteiger partial charge in [0.2, 0.25) is 0 Å². The predicted octanol–water partition coefficient (Wildman–Crippen LogP) is 1.36. The molecular formula is C12H13FN4. The molecule has 1 aromatic heterocycles. The highest BCUT2D eigenvalue weighted by molar-refractivity contribution is 5.20. The van der Waals surface area contributed by atoms with E-state index in [1.807, 2.05) is 0 Å². The smallest absolute Gasteiger partial charge is 0.123 e. The molecule has 5 heteroatoms. The van der Waals surface area contributed by atoms with Crippen LogP contribution >= 0.6 is 0 Å². The van der Waals surface area contributed by atoms with E-state index in [0.717, 1.165) is 11.1 Å². The van der Waals surface area contributed by atoms with Crippen molar-refractivity contribution in [2.45, 2.75) is 12.5 Å². The van der Waals surface area contributed by atoms with E-state index in [1.54, 1.807) is 24.5 Å². The van der Waals surface area contributed by atoms with E-state index in [1.165, 1.54) is 18.5 Å². The number of nitrogens with two attached hydrogens (primary N) is 1. The van der Waals surface area contributed by atoms with Gasteiger partial charge in [0.05, 0.1) is 6.04 Å². The minimum absolute atomic E-state index is 0.0818. The topological polar surface area (TPSA) is 63.8 Å². The number of nitrogens with one attached hydrogen (secondary N) is 1. The van der Waals surface area contributed by atoms with Crippen LogP contribution in [0.3, 0.4) is 0 Å². The number of hydrogen-bond donors (Lipinski definition) is 2. The number of aromatic nitrogens is 2. The second kappa shape index (κ2) is 5.47. The Morgan fingerprint density at radius 1 is 1.18 bits per heavy atom. The maximum absolute atomic E-state index is 12.8. The van der Waals surface area contributed by atoms with Crippen molar-refractivity contribution < 1.29 is 4.39 Å². The molecule has 0 saturated heterocycles. The van der Waals surface area contributed by atoms with Gasteiger partial charge in [-0.05, 0) is 24.1 Å². The summed E-state index contributed by atoms with van der Waals surface area (Å²) in [5.41, 5.74) is 4.61. The lowest BCUT2D eigenvalue weighted by molar-refractivity contribution is 0.547. The third-order valence-corrected chi connectivity index (χ3v) is 2.54. The molecule has 1 aromatic carbocycles. The number of rotatable bonds is 4. The lowest BCUT2D eigenvalue weighted by Gasteiger charge is -2.15. The lowest BCUT2D eigenvalue weighted by atomic mass is 10.0. The van der Waals surface area contributed by atoms with Gasteiger partial charge >= 0.3 is 0 Å². The number of nitrogens with zero attached hydrogens (tertiary/aromatic N) is 2. The summed E-state index contributed by atoms with van der Waals surface area (Å²) < 4.78 is 12.8. The van der Waals surface area contributed by atoms with Crippen LogP contribution in [0.15, 0.2) is 43.0 Å². The Morgan fingerprint density at radius 2 is 1.82 bits per heavy atom. The van der Waals surface area contributed by atoms with Crippen LogP contribution in [-0.4, -0.2) is 9.97 Å². The van der Waals surface area contributed by atoms with Gasteiger partial charge in [-0.15, -0.1) is 0 Å². The van der Waals surface area contributed by atoms with Gasteiger partial charge in [0.15, 0.2) is 0 Å². The summed E-state index contributed by atoms with van der Waals surface area (Å²) in [7, 11) is 0. The number of hydrazine groups is 1. The first kappa shape index (κ1) is 11.6. The van der Waals surface area contributed by atoms with E-state index in [9.17, 15) is 4.39 Å². The van der Waals surface area contributed by atoms with Gasteiger partial charge in [-0.2, -0.15) is 0 Å². The molecule has 0 aliphatic heterocycles. The zero-order valence-electron chi connectivity index (χ0n) is 9.18. The molecule has 4 nitrogen and oxygen atoms in total. The Kier molecular flexibility index (Phi) is 3.74. The van der Waals surface area contributed by atoms with E-state index < -0.39 is 0 Å². The zero-order chi connectivity index (χ0) is 12.1. The van der Waals surface area contributed by atoms with Crippen molar-refractivity contribution in [1.82, 2.24) is 15.4 Å². The van der Waals surface area contributed by atoms with Crippen molar-refractivity contribution in [3.05, 3.63) is 59.9 Å². The minimum atomic E-state index is -0.242. The third kappa shape index (κ3) is 3.05. The Labute approximate surface area is 98.7 Å². The van der Waals surface area contributed by atoms with Crippen LogP contribution in [0, 0.1) is 5.82 Å². The lowest BCUT2D eigenvalue weighted by Crippen LogP contribution is -2.29. The molecule has 0 radical (unpaired) electrons. The molecule has 1 heterocycles. The second-order valence-electron chi connectivity index (χ2n) is 3.72. The van der Waals surface area contributed by atoms with Gasteiger partial charge in [0.25, 0.3) is 0 Å². The Bertz CT molecular complexity index is 458. The zero-order valence-corrected chi connectivity index (χ0v) is 9.18. The average Bonchev–Trinajstić information content (AvgIpc) is 2.39. The number of halogens is 1. The Hall–Kier alpha value is -1.85. The molecule has 1 atom stereocenters. The highest BCUT2D eigenvalue weighted by Gasteiger charge is 2.10. The molecule has 2 aromatic rings. The van der Waals surface area contributed by atoms with Crippen LogP contribution in [0.5, 0.6) is 0 Å². The molecular weight excluding hydrogens is 219 g/mol. The highest BCUT2D eigenvalue weighted by Crippen LogP contribution is 2.16. The molecule has 0 amide bonds. The SMILES string of the molecule is NNC(Cc1ccc(F)cc1)c1cncnc1. The summed E-state index contributed by atoms with van der Waals surface area (Å²) in [5.74, 6) is 5.26. The van der Waals surface area contributed by atoms with Crippen molar-refractivity contribution in [2.75, 3.05) is 0 Å². The van der Waals surface area contributed by atoms with E-state index in [0.29, 0.717) is 6.42 Å². The summed E-state index contributed by atoms with van der Waals surface area (Å²) in [4.78, 5) is 7.89. The molecule has 17 heavy (non-hydrogen) atoms. The molecule has 0 fully saturated rings. The summed E-state index contributed by atoms with van der Waals surface area (Å²) in [5, 5.41) is 0. The van der Waals surface area contributed by atoms with Crippen molar-refractivity contribution in [3.63, 3.8) is 0 Å². The van der Waals surface area contributed by atoms with Gasteiger partial charge in [-0.25, -0.2) is 14.4 Å². The summed E-state index contributed by atoms with van der Waals surface area (Å²) in [6.07, 6.45) is 5.54. The van der Waals surface area contributed by atoms with Crippen LogP contribution in [0.2, 0.25) is 0 Å². The molecule has 1 unspecified atom stereocenters. The first-order valence-electron chi connectivity index (χ1n) is 5.25. The molecule has 88 valence electrons. The van der Waals surface area contributed by atoms with Gasteiger partial charge in [-0.1, -0.05) is 12.1 Å². The fourth-order valence-electron chi connectivity index (χ4n) is 1.62. The van der Waals surface area contributed by atoms with E-state index in [4.69, 9.17) is 5.84 Å². The van der Waals surface area contributed by atoms with Crippen LogP contribution in [0.25, 0.3) is 0 Å². The molecule has 0 aliphatic rings. The van der Waals surface area contributed by atoms with Gasteiger partial charge in [0.1, 0.15) is 12.1 Å². The van der Waals surface area contributed by atoms with Crippen molar-refractivity contribution in [1.29, 1.82) is 0 Å². The summed E-state index contributed by atoms with van der Waals surface area (Å²) in [6, 6.07) is 6.27. The molecule has 0 aliphatic carbocycles. The molecule has 0 spiro atoms. The number of hydrogen-bond acceptors (Lipinski definition) is 4. The fourth-order valence-corrected chi connectivity index (χ4v) is 1.62. The van der Waals surface area contributed by atoms with Crippen LogP contribution < -0.4 is 11.3 Å². The van der Waals surface area contributed by atoms with Crippen molar-refractivity contribution >= 4 is 0 Å². The first-order chi connectivity index (χ1) is 8.29. The normalized spacial score (nSPS) is 12.4. The standard InChI is InChI=1S/C12H13FN4/c13-11-3-1-9(2-4-11)5-12(17-14)10-6-15-8-16-7-10/h1-4,6-8,12,17H,5,14H2. The highest BCUT2D eigenvalue weighted by atomic mass is 19.1. The Balaban J connectivity index is 2.13. The summed E-state index contributed by atoms with van der Waals surface area (Å²) >= 11 is 0. The van der Waals surface area contributed by atoms with Gasteiger partial charge in [-0.3, -0.25) is 11.3 Å².